The molecule has 1 N–H and O–H groups in total. The van der Waals surface area contributed by atoms with Crippen LogP contribution >= 0.6 is 0 Å². The van der Waals surface area contributed by atoms with Gasteiger partial charge in [0.2, 0.25) is 0 Å². The molecule has 1 aromatic heterocycles. The smallest absolute Gasteiger partial charge is 0.0335 e. The molecule has 2 aliphatic rings. The summed E-state index contributed by atoms with van der Waals surface area (Å²) in [5, 5.41) is 3.46. The summed E-state index contributed by atoms with van der Waals surface area (Å²) >= 11 is 0. The van der Waals surface area contributed by atoms with Crippen LogP contribution in [0.5, 0.6) is 0 Å². The zero-order valence-electron chi connectivity index (χ0n) is 10.6. The van der Waals surface area contributed by atoms with Crippen LogP contribution in [0.3, 0.4) is 0 Å². The van der Waals surface area contributed by atoms with Crippen LogP contribution in [0.1, 0.15) is 43.7 Å². The van der Waals surface area contributed by atoms with E-state index in [-0.39, 0.29) is 0 Å². The van der Waals surface area contributed by atoms with Crippen LogP contribution in [0.25, 0.3) is 0 Å². The molecule has 2 bridgehead atoms. The number of nitrogens with one attached hydrogen (secondary N) is 1. The van der Waals surface area contributed by atoms with Gasteiger partial charge >= 0.3 is 0 Å². The van der Waals surface area contributed by atoms with Crippen molar-refractivity contribution in [1.82, 2.24) is 10.3 Å². The Labute approximate surface area is 104 Å². The molecular formula is C15H22N2. The van der Waals surface area contributed by atoms with Crippen molar-refractivity contribution in [2.24, 2.45) is 17.8 Å². The molecule has 4 atom stereocenters. The average molecular weight is 230 g/mol. The van der Waals surface area contributed by atoms with Crippen LogP contribution in [0.2, 0.25) is 0 Å². The number of pyridine rings is 1. The lowest BCUT2D eigenvalue weighted by atomic mass is 9.83. The number of nitrogens with zero attached hydrogens (tertiary/aromatic N) is 1. The van der Waals surface area contributed by atoms with E-state index in [0.717, 1.165) is 17.8 Å². The first kappa shape index (κ1) is 11.2. The van der Waals surface area contributed by atoms with Crippen molar-refractivity contribution in [3.05, 3.63) is 30.1 Å². The van der Waals surface area contributed by atoms with Gasteiger partial charge in [-0.05, 0) is 62.1 Å². The van der Waals surface area contributed by atoms with Gasteiger partial charge in [0.1, 0.15) is 0 Å². The second kappa shape index (κ2) is 4.77. The Morgan fingerprint density at radius 1 is 1.41 bits per heavy atom. The third kappa shape index (κ3) is 2.23. The van der Waals surface area contributed by atoms with Gasteiger partial charge in [-0.15, -0.1) is 0 Å². The highest BCUT2D eigenvalue weighted by Crippen LogP contribution is 2.50. The fourth-order valence-corrected chi connectivity index (χ4v) is 3.97. The molecule has 3 rings (SSSR count). The maximum atomic E-state index is 4.24. The molecule has 2 fully saturated rings. The fraction of sp³-hybridized carbons (Fsp3) is 0.667. The molecule has 0 saturated heterocycles. The van der Waals surface area contributed by atoms with E-state index in [9.17, 15) is 0 Å². The second-order valence-corrected chi connectivity index (χ2v) is 5.80. The average Bonchev–Trinajstić information content (AvgIpc) is 2.99. The Bertz CT molecular complexity index is 362. The van der Waals surface area contributed by atoms with Gasteiger partial charge in [0.25, 0.3) is 0 Å². The SMILES string of the molecule is CNC(CC1CC2CCC1C2)c1cccnc1. The molecule has 0 aliphatic heterocycles. The van der Waals surface area contributed by atoms with Crippen LogP contribution in [0.4, 0.5) is 0 Å². The van der Waals surface area contributed by atoms with Crippen molar-refractivity contribution < 1.29 is 0 Å². The highest BCUT2D eigenvalue weighted by atomic mass is 14.9. The van der Waals surface area contributed by atoms with E-state index in [1.165, 1.54) is 37.7 Å². The summed E-state index contributed by atoms with van der Waals surface area (Å²) in [6.45, 7) is 0. The van der Waals surface area contributed by atoms with Crippen molar-refractivity contribution in [2.75, 3.05) is 7.05 Å². The van der Waals surface area contributed by atoms with E-state index in [1.807, 2.05) is 18.5 Å². The van der Waals surface area contributed by atoms with Crippen molar-refractivity contribution in [3.8, 4) is 0 Å². The summed E-state index contributed by atoms with van der Waals surface area (Å²) in [6, 6.07) is 4.73. The van der Waals surface area contributed by atoms with E-state index < -0.39 is 0 Å². The molecule has 2 saturated carbocycles. The van der Waals surface area contributed by atoms with Gasteiger partial charge < -0.3 is 5.32 Å². The van der Waals surface area contributed by atoms with Gasteiger partial charge in [0.15, 0.2) is 0 Å². The number of fused-ring (bicyclic) bond motifs is 2. The molecule has 1 heterocycles. The third-order valence-corrected chi connectivity index (χ3v) is 4.86. The summed E-state index contributed by atoms with van der Waals surface area (Å²) in [4.78, 5) is 4.24. The highest BCUT2D eigenvalue weighted by molar-refractivity contribution is 5.14. The van der Waals surface area contributed by atoms with Gasteiger partial charge in [-0.2, -0.15) is 0 Å². The molecule has 2 aliphatic carbocycles. The van der Waals surface area contributed by atoms with Gasteiger partial charge in [-0.1, -0.05) is 12.5 Å². The minimum Gasteiger partial charge on any atom is -0.313 e. The van der Waals surface area contributed by atoms with Crippen molar-refractivity contribution in [3.63, 3.8) is 0 Å². The highest BCUT2D eigenvalue weighted by Gasteiger charge is 2.40. The summed E-state index contributed by atoms with van der Waals surface area (Å²) in [5.74, 6) is 3.02. The lowest BCUT2D eigenvalue weighted by Gasteiger charge is -2.26. The summed E-state index contributed by atoms with van der Waals surface area (Å²) < 4.78 is 0. The molecule has 4 unspecified atom stereocenters. The Morgan fingerprint density at radius 3 is 2.94 bits per heavy atom. The third-order valence-electron chi connectivity index (χ3n) is 4.86. The summed E-state index contributed by atoms with van der Waals surface area (Å²) in [6.07, 6.45) is 11.1. The molecule has 0 spiro atoms. The molecule has 0 radical (unpaired) electrons. The van der Waals surface area contributed by atoms with Gasteiger partial charge in [-0.3, -0.25) is 4.98 Å². The second-order valence-electron chi connectivity index (χ2n) is 5.80. The molecule has 17 heavy (non-hydrogen) atoms. The molecule has 2 heteroatoms. The topological polar surface area (TPSA) is 24.9 Å². The van der Waals surface area contributed by atoms with Crippen LogP contribution in [0.15, 0.2) is 24.5 Å². The summed E-state index contributed by atoms with van der Waals surface area (Å²) in [7, 11) is 2.07. The van der Waals surface area contributed by atoms with Crippen LogP contribution in [-0.4, -0.2) is 12.0 Å². The van der Waals surface area contributed by atoms with Crippen LogP contribution in [-0.2, 0) is 0 Å². The first-order valence-electron chi connectivity index (χ1n) is 6.94. The Balaban J connectivity index is 1.67. The Hall–Kier alpha value is -0.890. The first-order valence-corrected chi connectivity index (χ1v) is 6.94. The Morgan fingerprint density at radius 2 is 2.35 bits per heavy atom. The minimum absolute atomic E-state index is 0.494. The van der Waals surface area contributed by atoms with Gasteiger partial charge in [0, 0.05) is 18.4 Å². The zero-order valence-corrected chi connectivity index (χ0v) is 10.6. The largest absolute Gasteiger partial charge is 0.313 e. The number of hydrogen-bond acceptors (Lipinski definition) is 2. The minimum atomic E-state index is 0.494. The Kier molecular flexibility index (Phi) is 3.15. The number of hydrogen-bond donors (Lipinski definition) is 1. The maximum absolute atomic E-state index is 4.24. The van der Waals surface area contributed by atoms with Crippen LogP contribution < -0.4 is 5.32 Å². The van der Waals surface area contributed by atoms with E-state index in [0.29, 0.717) is 6.04 Å². The molecule has 1 aromatic rings. The van der Waals surface area contributed by atoms with Crippen molar-refractivity contribution >= 4 is 0 Å². The van der Waals surface area contributed by atoms with Crippen molar-refractivity contribution in [1.29, 1.82) is 0 Å². The number of aromatic nitrogens is 1. The lowest BCUT2D eigenvalue weighted by Crippen LogP contribution is -2.22. The van der Waals surface area contributed by atoms with Gasteiger partial charge in [-0.25, -0.2) is 0 Å². The predicted octanol–water partition coefficient (Wildman–Crippen LogP) is 3.17. The molecular weight excluding hydrogens is 208 g/mol. The van der Waals surface area contributed by atoms with E-state index in [2.05, 4.69) is 23.4 Å². The molecule has 92 valence electrons. The fourth-order valence-electron chi connectivity index (χ4n) is 3.97. The molecule has 2 nitrogen and oxygen atoms in total. The predicted molar refractivity (Wildman–Crippen MR) is 69.6 cm³/mol. The normalized spacial score (nSPS) is 32.9. The van der Waals surface area contributed by atoms with Gasteiger partial charge in [0.05, 0.1) is 0 Å². The monoisotopic (exact) mass is 230 g/mol. The van der Waals surface area contributed by atoms with E-state index in [4.69, 9.17) is 0 Å². The standard InChI is InChI=1S/C15H22N2/c1-16-15(13-3-2-6-17-10-13)9-14-8-11-4-5-12(14)7-11/h2-3,6,10-12,14-16H,4-5,7-9H2,1H3. The molecule has 0 amide bonds. The maximum Gasteiger partial charge on any atom is 0.0335 e. The quantitative estimate of drug-likeness (QED) is 0.859. The van der Waals surface area contributed by atoms with E-state index in [1.54, 1.807) is 0 Å². The summed E-state index contributed by atoms with van der Waals surface area (Å²) in [5.41, 5.74) is 1.35. The number of rotatable bonds is 4. The van der Waals surface area contributed by atoms with Crippen molar-refractivity contribution in [2.45, 2.75) is 38.1 Å². The molecule has 0 aromatic carbocycles. The lowest BCUT2D eigenvalue weighted by molar-refractivity contribution is 0.284. The first-order chi connectivity index (χ1) is 8.36. The van der Waals surface area contributed by atoms with Crippen LogP contribution in [0, 0.1) is 17.8 Å². The zero-order chi connectivity index (χ0) is 11.7. The van der Waals surface area contributed by atoms with E-state index >= 15 is 0 Å².